The van der Waals surface area contributed by atoms with E-state index in [0.717, 1.165) is 23.2 Å². The predicted octanol–water partition coefficient (Wildman–Crippen LogP) is 1.92. The van der Waals surface area contributed by atoms with Crippen molar-refractivity contribution in [3.05, 3.63) is 27.8 Å². The van der Waals surface area contributed by atoms with E-state index in [1.165, 1.54) is 12.8 Å². The molecular formula is C12H16N4OS. The molecule has 1 aliphatic carbocycles. The first-order chi connectivity index (χ1) is 8.79. The number of aryl methyl sites for hydroxylation is 1. The summed E-state index contributed by atoms with van der Waals surface area (Å²) in [6, 6.07) is 0. The van der Waals surface area contributed by atoms with E-state index in [1.54, 1.807) is 11.3 Å². The van der Waals surface area contributed by atoms with Crippen molar-refractivity contribution in [2.45, 2.75) is 32.7 Å². The van der Waals surface area contributed by atoms with Crippen molar-refractivity contribution in [3.8, 4) is 0 Å². The third-order valence-corrected chi connectivity index (χ3v) is 3.74. The highest BCUT2D eigenvalue weighted by atomic mass is 32.1. The van der Waals surface area contributed by atoms with Crippen LogP contribution in [-0.2, 0) is 13.0 Å². The molecule has 2 heterocycles. The van der Waals surface area contributed by atoms with Crippen molar-refractivity contribution < 1.29 is 4.52 Å². The standard InChI is InChI=1S/C12H16N4OS/c1-8-14-10(7-18-8)4-11-15-12(17-16-11)6-13-5-9-2-3-9/h7,9,13H,2-6H2,1H3. The average Bonchev–Trinajstić information content (AvgIpc) is 2.92. The van der Waals surface area contributed by atoms with Gasteiger partial charge in [0.05, 0.1) is 23.7 Å². The zero-order valence-corrected chi connectivity index (χ0v) is 11.2. The molecule has 5 nitrogen and oxygen atoms in total. The molecule has 0 unspecified atom stereocenters. The average molecular weight is 264 g/mol. The topological polar surface area (TPSA) is 63.8 Å². The van der Waals surface area contributed by atoms with Crippen LogP contribution in [0.4, 0.5) is 0 Å². The predicted molar refractivity (Wildman–Crippen MR) is 68.4 cm³/mol. The lowest BCUT2D eigenvalue weighted by Crippen LogP contribution is -2.16. The summed E-state index contributed by atoms with van der Waals surface area (Å²) in [5.41, 5.74) is 1.01. The first-order valence-electron chi connectivity index (χ1n) is 6.23. The second kappa shape index (κ2) is 5.16. The molecule has 2 aromatic heterocycles. The molecule has 0 amide bonds. The van der Waals surface area contributed by atoms with Gasteiger partial charge in [0.2, 0.25) is 5.89 Å². The highest BCUT2D eigenvalue weighted by Gasteiger charge is 2.20. The molecule has 18 heavy (non-hydrogen) atoms. The highest BCUT2D eigenvalue weighted by molar-refractivity contribution is 7.09. The number of hydrogen-bond donors (Lipinski definition) is 1. The van der Waals surface area contributed by atoms with Crippen LogP contribution in [0.3, 0.4) is 0 Å². The molecule has 2 aromatic rings. The summed E-state index contributed by atoms with van der Waals surface area (Å²) < 4.78 is 5.20. The SMILES string of the molecule is Cc1nc(Cc2noc(CNCC3CC3)n2)cs1. The van der Waals surface area contributed by atoms with Gasteiger partial charge in [0.15, 0.2) is 5.82 Å². The fraction of sp³-hybridized carbons (Fsp3) is 0.583. The van der Waals surface area contributed by atoms with Gasteiger partial charge >= 0.3 is 0 Å². The van der Waals surface area contributed by atoms with Crippen molar-refractivity contribution in [1.29, 1.82) is 0 Å². The lowest BCUT2D eigenvalue weighted by atomic mass is 10.3. The Kier molecular flexibility index (Phi) is 3.38. The Morgan fingerprint density at radius 1 is 1.44 bits per heavy atom. The summed E-state index contributed by atoms with van der Waals surface area (Å²) in [5.74, 6) is 2.24. The molecule has 0 radical (unpaired) electrons. The molecule has 0 atom stereocenters. The minimum Gasteiger partial charge on any atom is -0.338 e. The Morgan fingerprint density at radius 2 is 2.33 bits per heavy atom. The molecule has 6 heteroatoms. The maximum Gasteiger partial charge on any atom is 0.240 e. The van der Waals surface area contributed by atoms with Crippen molar-refractivity contribution in [2.75, 3.05) is 6.54 Å². The van der Waals surface area contributed by atoms with Gasteiger partial charge in [0.25, 0.3) is 0 Å². The molecule has 96 valence electrons. The quantitative estimate of drug-likeness (QED) is 0.863. The van der Waals surface area contributed by atoms with Gasteiger partial charge in [-0.2, -0.15) is 4.98 Å². The minimum absolute atomic E-state index is 0.649. The Bertz CT molecular complexity index is 518. The van der Waals surface area contributed by atoms with Gasteiger partial charge in [-0.3, -0.25) is 0 Å². The van der Waals surface area contributed by atoms with Crippen LogP contribution >= 0.6 is 11.3 Å². The molecule has 1 N–H and O–H groups in total. The van der Waals surface area contributed by atoms with E-state index in [4.69, 9.17) is 4.52 Å². The Balaban J connectivity index is 1.52. The smallest absolute Gasteiger partial charge is 0.240 e. The summed E-state index contributed by atoms with van der Waals surface area (Å²) in [6.45, 7) is 3.72. The van der Waals surface area contributed by atoms with Gasteiger partial charge in [0, 0.05) is 5.38 Å². The minimum atomic E-state index is 0.649. The van der Waals surface area contributed by atoms with Gasteiger partial charge < -0.3 is 9.84 Å². The first kappa shape index (κ1) is 11.8. The van der Waals surface area contributed by atoms with E-state index in [-0.39, 0.29) is 0 Å². The van der Waals surface area contributed by atoms with Gasteiger partial charge in [-0.15, -0.1) is 11.3 Å². The number of nitrogens with zero attached hydrogens (tertiary/aromatic N) is 3. The van der Waals surface area contributed by atoms with Gasteiger partial charge in [-0.1, -0.05) is 5.16 Å². The van der Waals surface area contributed by atoms with Crippen molar-refractivity contribution >= 4 is 11.3 Å². The van der Waals surface area contributed by atoms with Crippen LogP contribution in [0.5, 0.6) is 0 Å². The number of hydrogen-bond acceptors (Lipinski definition) is 6. The van der Waals surface area contributed by atoms with Crippen LogP contribution in [0.1, 0.15) is 35.3 Å². The largest absolute Gasteiger partial charge is 0.338 e. The number of thiazole rings is 1. The van der Waals surface area contributed by atoms with E-state index in [2.05, 4.69) is 20.4 Å². The molecule has 3 rings (SSSR count). The van der Waals surface area contributed by atoms with Crippen molar-refractivity contribution in [3.63, 3.8) is 0 Å². The normalized spacial score (nSPS) is 15.2. The molecule has 1 aliphatic rings. The van der Waals surface area contributed by atoms with Gasteiger partial charge in [-0.05, 0) is 32.2 Å². The summed E-state index contributed by atoms with van der Waals surface area (Å²) >= 11 is 1.64. The van der Waals surface area contributed by atoms with Crippen LogP contribution in [0.15, 0.2) is 9.90 Å². The molecule has 0 aromatic carbocycles. The Morgan fingerprint density at radius 3 is 3.06 bits per heavy atom. The Hall–Kier alpha value is -1.27. The van der Waals surface area contributed by atoms with Crippen molar-refractivity contribution in [1.82, 2.24) is 20.4 Å². The lowest BCUT2D eigenvalue weighted by Gasteiger charge is -1.97. The van der Waals surface area contributed by atoms with Crippen molar-refractivity contribution in [2.24, 2.45) is 5.92 Å². The monoisotopic (exact) mass is 264 g/mol. The maximum atomic E-state index is 5.20. The Labute approximate surface area is 110 Å². The second-order valence-electron chi connectivity index (χ2n) is 4.71. The fourth-order valence-electron chi connectivity index (χ4n) is 1.79. The number of nitrogens with one attached hydrogen (secondary N) is 1. The molecule has 0 saturated heterocycles. The lowest BCUT2D eigenvalue weighted by molar-refractivity contribution is 0.362. The van der Waals surface area contributed by atoms with Crippen LogP contribution in [0, 0.1) is 12.8 Å². The molecule has 0 spiro atoms. The molecule has 0 bridgehead atoms. The van der Waals surface area contributed by atoms with E-state index in [9.17, 15) is 0 Å². The molecule has 0 aliphatic heterocycles. The van der Waals surface area contributed by atoms with E-state index < -0.39 is 0 Å². The third-order valence-electron chi connectivity index (χ3n) is 2.92. The number of aromatic nitrogens is 3. The molecule has 1 saturated carbocycles. The number of rotatable bonds is 6. The van der Waals surface area contributed by atoms with Crippen LogP contribution in [0.2, 0.25) is 0 Å². The fourth-order valence-corrected chi connectivity index (χ4v) is 2.40. The summed E-state index contributed by atoms with van der Waals surface area (Å²) in [7, 11) is 0. The second-order valence-corrected chi connectivity index (χ2v) is 5.78. The highest BCUT2D eigenvalue weighted by Crippen LogP contribution is 2.27. The third kappa shape index (κ3) is 3.14. The summed E-state index contributed by atoms with van der Waals surface area (Å²) in [5, 5.41) is 10.4. The van der Waals surface area contributed by atoms with E-state index in [1.807, 2.05) is 12.3 Å². The van der Waals surface area contributed by atoms with Gasteiger partial charge in [-0.25, -0.2) is 4.98 Å². The summed E-state index contributed by atoms with van der Waals surface area (Å²) in [4.78, 5) is 8.75. The molecule has 1 fully saturated rings. The maximum absolute atomic E-state index is 5.20. The van der Waals surface area contributed by atoms with Gasteiger partial charge in [0.1, 0.15) is 0 Å². The van der Waals surface area contributed by atoms with Crippen LogP contribution in [0.25, 0.3) is 0 Å². The summed E-state index contributed by atoms with van der Waals surface area (Å²) in [6.07, 6.45) is 3.35. The first-order valence-corrected chi connectivity index (χ1v) is 7.11. The van der Waals surface area contributed by atoms with Crippen LogP contribution < -0.4 is 5.32 Å². The zero-order valence-electron chi connectivity index (χ0n) is 10.3. The zero-order chi connectivity index (χ0) is 12.4. The van der Waals surface area contributed by atoms with Crippen LogP contribution in [-0.4, -0.2) is 21.7 Å². The van der Waals surface area contributed by atoms with E-state index >= 15 is 0 Å². The molecular weight excluding hydrogens is 248 g/mol. The van der Waals surface area contributed by atoms with E-state index in [0.29, 0.717) is 24.7 Å².